The van der Waals surface area contributed by atoms with Gasteiger partial charge in [0.15, 0.2) is 6.04 Å². The van der Waals surface area contributed by atoms with Crippen molar-refractivity contribution in [3.8, 4) is 5.75 Å². The molecular formula is C20H31NO4. The molecule has 0 aliphatic carbocycles. The molecule has 0 aliphatic rings. The number of rotatable bonds is 8. The molecule has 0 spiro atoms. The SMILES string of the molecule is [2H]C([2H])([2H])[C@H](CCC)COc1ccc([C@@H](NC(=O)C(C)(C)C)C(=O)OC)cc1. The summed E-state index contributed by atoms with van der Waals surface area (Å²) in [5.74, 6) is -0.883. The van der Waals surface area contributed by atoms with Crippen LogP contribution in [0.3, 0.4) is 0 Å². The number of hydrogen-bond acceptors (Lipinski definition) is 4. The summed E-state index contributed by atoms with van der Waals surface area (Å²) in [6.45, 7) is 5.22. The Morgan fingerprint density at radius 3 is 2.36 bits per heavy atom. The van der Waals surface area contributed by atoms with Crippen LogP contribution in [0.1, 0.15) is 63.1 Å². The molecule has 0 radical (unpaired) electrons. The van der Waals surface area contributed by atoms with E-state index in [0.717, 1.165) is 6.42 Å². The van der Waals surface area contributed by atoms with Crippen molar-refractivity contribution in [2.75, 3.05) is 13.7 Å². The molecule has 0 aliphatic heterocycles. The molecule has 1 aromatic carbocycles. The molecule has 5 nitrogen and oxygen atoms in total. The minimum absolute atomic E-state index is 0.0882. The average molecular weight is 352 g/mol. The second-order valence-corrected chi connectivity index (χ2v) is 7.05. The van der Waals surface area contributed by atoms with Gasteiger partial charge < -0.3 is 14.8 Å². The van der Waals surface area contributed by atoms with Gasteiger partial charge in [-0.25, -0.2) is 4.79 Å². The summed E-state index contributed by atoms with van der Waals surface area (Å²) in [6, 6.07) is 5.68. The molecule has 25 heavy (non-hydrogen) atoms. The minimum atomic E-state index is -2.07. The van der Waals surface area contributed by atoms with Crippen LogP contribution < -0.4 is 10.1 Å². The quantitative estimate of drug-likeness (QED) is 0.721. The summed E-state index contributed by atoms with van der Waals surface area (Å²) in [6.07, 6.45) is 1.32. The molecule has 5 heteroatoms. The van der Waals surface area contributed by atoms with E-state index in [9.17, 15) is 9.59 Å². The Kier molecular flexibility index (Phi) is 6.21. The van der Waals surface area contributed by atoms with Gasteiger partial charge in [0.05, 0.1) is 13.7 Å². The normalized spacial score (nSPS) is 16.0. The monoisotopic (exact) mass is 352 g/mol. The summed E-state index contributed by atoms with van der Waals surface area (Å²) in [5, 5.41) is 2.70. The van der Waals surface area contributed by atoms with Crippen LogP contribution in [-0.4, -0.2) is 25.6 Å². The molecule has 0 saturated heterocycles. The number of benzene rings is 1. The molecule has 0 fully saturated rings. The van der Waals surface area contributed by atoms with Gasteiger partial charge in [-0.15, -0.1) is 0 Å². The Labute approximate surface area is 155 Å². The predicted molar refractivity (Wildman–Crippen MR) is 98.4 cm³/mol. The van der Waals surface area contributed by atoms with Crippen molar-refractivity contribution in [2.24, 2.45) is 11.3 Å². The summed E-state index contributed by atoms with van der Waals surface area (Å²) >= 11 is 0. The van der Waals surface area contributed by atoms with Crippen molar-refractivity contribution in [3.05, 3.63) is 29.8 Å². The Morgan fingerprint density at radius 2 is 1.88 bits per heavy atom. The van der Waals surface area contributed by atoms with Gasteiger partial charge in [0.25, 0.3) is 0 Å². The maximum atomic E-state index is 12.3. The molecule has 2 atom stereocenters. The van der Waals surface area contributed by atoms with Crippen LogP contribution in [0.5, 0.6) is 5.75 Å². The van der Waals surface area contributed by atoms with Crippen LogP contribution in [-0.2, 0) is 14.3 Å². The van der Waals surface area contributed by atoms with Gasteiger partial charge in [0, 0.05) is 9.53 Å². The number of amides is 1. The van der Waals surface area contributed by atoms with E-state index in [1.165, 1.54) is 7.11 Å². The van der Waals surface area contributed by atoms with Crippen molar-refractivity contribution in [2.45, 2.75) is 53.4 Å². The van der Waals surface area contributed by atoms with Gasteiger partial charge in [-0.1, -0.05) is 53.1 Å². The van der Waals surface area contributed by atoms with Gasteiger partial charge in [0.2, 0.25) is 5.91 Å². The number of nitrogens with one attached hydrogen (secondary N) is 1. The number of methoxy groups -OCH3 is 1. The van der Waals surface area contributed by atoms with Gasteiger partial charge in [-0.3, -0.25) is 4.79 Å². The Hall–Kier alpha value is -2.04. The molecular weight excluding hydrogens is 318 g/mol. The Bertz CT molecular complexity index is 651. The number of hydrogen-bond donors (Lipinski definition) is 1. The second-order valence-electron chi connectivity index (χ2n) is 7.05. The number of carbonyl (C=O) groups excluding carboxylic acids is 2. The largest absolute Gasteiger partial charge is 0.493 e. The van der Waals surface area contributed by atoms with E-state index in [2.05, 4.69) is 5.32 Å². The first-order valence-electron chi connectivity index (χ1n) is 10.0. The first-order valence-corrected chi connectivity index (χ1v) is 8.51. The highest BCUT2D eigenvalue weighted by Gasteiger charge is 2.29. The summed E-state index contributed by atoms with van der Waals surface area (Å²) in [4.78, 5) is 24.4. The molecule has 140 valence electrons. The van der Waals surface area contributed by atoms with Crippen molar-refractivity contribution < 1.29 is 23.2 Å². The maximum Gasteiger partial charge on any atom is 0.333 e. The molecule has 0 heterocycles. The molecule has 0 aromatic heterocycles. The van der Waals surface area contributed by atoms with Crippen molar-refractivity contribution >= 4 is 11.9 Å². The van der Waals surface area contributed by atoms with Crippen LogP contribution in [0.4, 0.5) is 0 Å². The topological polar surface area (TPSA) is 64.6 Å². The minimum Gasteiger partial charge on any atom is -0.493 e. The number of ether oxygens (including phenoxy) is 2. The standard InChI is InChI=1S/C20H31NO4/c1-7-8-14(2)13-25-16-11-9-15(10-12-16)17(18(22)24-6)21-19(23)20(3,4)5/h9-12,14,17H,7-8,13H2,1-6H3,(H,21,23)/t14-,17-/m1/s1/i2D3. The lowest BCUT2D eigenvalue weighted by molar-refractivity contribution is -0.146. The maximum absolute atomic E-state index is 12.3. The molecule has 0 bridgehead atoms. The fourth-order valence-corrected chi connectivity index (χ4v) is 2.13. The van der Waals surface area contributed by atoms with Crippen molar-refractivity contribution in [1.82, 2.24) is 5.32 Å². The fourth-order valence-electron chi connectivity index (χ4n) is 2.13. The third-order valence-electron chi connectivity index (χ3n) is 3.70. The van der Waals surface area contributed by atoms with E-state index < -0.39 is 30.2 Å². The van der Waals surface area contributed by atoms with Crippen LogP contribution in [0, 0.1) is 11.3 Å². The zero-order valence-electron chi connectivity index (χ0n) is 18.7. The zero-order valence-corrected chi connectivity index (χ0v) is 15.7. The molecule has 1 rings (SSSR count). The summed E-state index contributed by atoms with van der Waals surface area (Å²) < 4.78 is 33.2. The van der Waals surface area contributed by atoms with Crippen molar-refractivity contribution in [1.29, 1.82) is 0 Å². The number of carbonyl (C=O) groups is 2. The Morgan fingerprint density at radius 1 is 1.24 bits per heavy atom. The molecule has 0 saturated carbocycles. The third-order valence-corrected chi connectivity index (χ3v) is 3.70. The highest BCUT2D eigenvalue weighted by Crippen LogP contribution is 2.22. The summed E-state index contributed by atoms with van der Waals surface area (Å²) in [5.41, 5.74) is -0.100. The molecule has 1 amide bonds. The zero-order chi connectivity index (χ0) is 21.5. The first-order chi connectivity index (χ1) is 12.9. The van der Waals surface area contributed by atoms with Crippen LogP contribution in [0.25, 0.3) is 0 Å². The summed E-state index contributed by atoms with van der Waals surface area (Å²) in [7, 11) is 1.26. The van der Waals surface area contributed by atoms with E-state index in [1.807, 2.05) is 6.92 Å². The lowest BCUT2D eigenvalue weighted by Crippen LogP contribution is -2.40. The highest BCUT2D eigenvalue weighted by atomic mass is 16.5. The van der Waals surface area contributed by atoms with E-state index >= 15 is 0 Å². The van der Waals surface area contributed by atoms with Crippen molar-refractivity contribution in [3.63, 3.8) is 0 Å². The Balaban J connectivity index is 2.89. The van der Waals surface area contributed by atoms with E-state index in [4.69, 9.17) is 13.6 Å². The van der Waals surface area contributed by atoms with Gasteiger partial charge in [-0.05, 0) is 30.0 Å². The lowest BCUT2D eigenvalue weighted by Gasteiger charge is -2.23. The molecule has 1 N–H and O–H groups in total. The van der Waals surface area contributed by atoms with Gasteiger partial charge in [0.1, 0.15) is 5.75 Å². The smallest absolute Gasteiger partial charge is 0.333 e. The van der Waals surface area contributed by atoms with E-state index in [0.29, 0.717) is 17.7 Å². The van der Waals surface area contributed by atoms with Crippen LogP contribution >= 0.6 is 0 Å². The van der Waals surface area contributed by atoms with Gasteiger partial charge in [-0.2, -0.15) is 0 Å². The average Bonchev–Trinajstić information content (AvgIpc) is 2.61. The second kappa shape index (κ2) is 9.44. The third kappa shape index (κ3) is 6.77. The molecule has 1 aromatic rings. The van der Waals surface area contributed by atoms with Crippen LogP contribution in [0.15, 0.2) is 24.3 Å². The first kappa shape index (κ1) is 16.4. The van der Waals surface area contributed by atoms with Gasteiger partial charge >= 0.3 is 5.97 Å². The van der Waals surface area contributed by atoms with Crippen LogP contribution in [0.2, 0.25) is 0 Å². The lowest BCUT2D eigenvalue weighted by atomic mass is 9.94. The highest BCUT2D eigenvalue weighted by molar-refractivity contribution is 5.88. The number of esters is 1. The molecule has 0 unspecified atom stereocenters. The van der Waals surface area contributed by atoms with E-state index in [1.54, 1.807) is 45.0 Å². The predicted octanol–water partition coefficient (Wildman–Crippen LogP) is 3.88. The fraction of sp³-hybridized carbons (Fsp3) is 0.600. The van der Waals surface area contributed by atoms with E-state index in [-0.39, 0.29) is 12.5 Å².